The lowest BCUT2D eigenvalue weighted by Crippen LogP contribution is -2.23. The molecule has 1 fully saturated rings. The van der Waals surface area contributed by atoms with Crippen LogP contribution in [0.25, 0.3) is 0 Å². The van der Waals surface area contributed by atoms with Gasteiger partial charge in [-0.2, -0.15) is 0 Å². The van der Waals surface area contributed by atoms with Gasteiger partial charge in [0, 0.05) is 34.6 Å². The van der Waals surface area contributed by atoms with Crippen LogP contribution in [0.2, 0.25) is 26.2 Å². The van der Waals surface area contributed by atoms with Crippen LogP contribution in [0.15, 0.2) is 0 Å². The molecular weight excluding hydrogens is 520 g/mol. The minimum absolute atomic E-state index is 0.137. The molecule has 40 heavy (non-hydrogen) atoms. The molecule has 0 aromatic heterocycles. The van der Waals surface area contributed by atoms with Gasteiger partial charge in [-0.1, -0.05) is 60.8 Å². The van der Waals surface area contributed by atoms with E-state index in [1.165, 1.54) is 26.2 Å². The smallest absolute Gasteiger partial charge is 0.306 e. The van der Waals surface area contributed by atoms with Gasteiger partial charge < -0.3 is 18.9 Å². The number of carbonyl (C=O) groups excluding carboxylic acids is 2. The third-order valence-electron chi connectivity index (χ3n) is 3.07. The maximum atomic E-state index is 10.6. The van der Waals surface area contributed by atoms with E-state index < -0.39 is 8.07 Å². The highest BCUT2D eigenvalue weighted by atomic mass is 28.3. The lowest BCUT2D eigenvalue weighted by Gasteiger charge is -2.18. The third kappa shape index (κ3) is 99.0. The Morgan fingerprint density at radius 3 is 1.27 bits per heavy atom. The van der Waals surface area contributed by atoms with E-state index in [2.05, 4.69) is 60.8 Å². The van der Waals surface area contributed by atoms with Crippen LogP contribution in [0.3, 0.4) is 0 Å². The van der Waals surface area contributed by atoms with Crippen molar-refractivity contribution in [1.82, 2.24) is 0 Å². The van der Waals surface area contributed by atoms with Crippen LogP contribution in [-0.4, -0.2) is 56.6 Å². The summed E-state index contributed by atoms with van der Waals surface area (Å²) in [6.45, 7) is 42.4. The monoisotopic (exact) mass is 595 g/mol. The molecule has 0 aromatic carbocycles. The van der Waals surface area contributed by atoms with E-state index in [1.54, 1.807) is 6.92 Å². The lowest BCUT2D eigenvalue weighted by atomic mass is 10.0. The molecule has 1 aliphatic rings. The van der Waals surface area contributed by atoms with Gasteiger partial charge in [-0.25, -0.2) is 0 Å². The number of rotatable bonds is 3. The first-order valence-electron chi connectivity index (χ1n) is 15.2. The summed E-state index contributed by atoms with van der Waals surface area (Å²) in [6.07, 6.45) is 5.28. The van der Waals surface area contributed by atoms with E-state index in [1.807, 2.05) is 62.3 Å². The van der Waals surface area contributed by atoms with Crippen LogP contribution in [0.1, 0.15) is 136 Å². The molecule has 1 heterocycles. The van der Waals surface area contributed by atoms with E-state index in [0.29, 0.717) is 24.0 Å². The Bertz CT molecular complexity index is 546. The molecule has 0 aromatic rings. The average Bonchev–Trinajstić information content (AvgIpc) is 2.64. The molecule has 0 bridgehead atoms. The lowest BCUT2D eigenvalue weighted by molar-refractivity contribution is -0.154. The molecule has 1 atom stereocenters. The highest BCUT2D eigenvalue weighted by Crippen LogP contribution is 2.11. The first-order chi connectivity index (χ1) is 17.5. The summed E-state index contributed by atoms with van der Waals surface area (Å²) >= 11 is 0. The highest BCUT2D eigenvalue weighted by molar-refractivity contribution is 6.74. The van der Waals surface area contributed by atoms with Crippen molar-refractivity contribution in [2.45, 2.75) is 186 Å². The molecule has 6 nitrogen and oxygen atoms in total. The zero-order chi connectivity index (χ0) is 33.4. The maximum absolute atomic E-state index is 10.6. The normalized spacial score (nSPS) is 15.0. The van der Waals surface area contributed by atoms with E-state index in [-0.39, 0.29) is 23.1 Å². The van der Waals surface area contributed by atoms with Gasteiger partial charge in [-0.15, -0.1) is 0 Å². The fraction of sp³-hybridized carbons (Fsp3) is 0.939. The molecular formula is C33H74O6Si. The Balaban J connectivity index is -0.000000124. The summed E-state index contributed by atoms with van der Waals surface area (Å²) in [5.41, 5.74) is -0.154. The number of hydrogen-bond donors (Lipinski definition) is 0. The molecule has 7 heteroatoms. The van der Waals surface area contributed by atoms with Gasteiger partial charge in [-0.3, -0.25) is 9.59 Å². The van der Waals surface area contributed by atoms with Gasteiger partial charge in [0.25, 0.3) is 0 Å². The summed E-state index contributed by atoms with van der Waals surface area (Å²) in [4.78, 5) is 20.8. The number of hydrogen-bond acceptors (Lipinski definition) is 6. The second-order valence-electron chi connectivity index (χ2n) is 15.3. The number of carbonyl (C=O) groups is 2. The molecule has 1 unspecified atom stereocenters. The largest absolute Gasteiger partial charge is 0.460 e. The van der Waals surface area contributed by atoms with Crippen molar-refractivity contribution < 1.29 is 28.5 Å². The Labute approximate surface area is 253 Å². The Morgan fingerprint density at radius 1 is 0.825 bits per heavy atom. The summed E-state index contributed by atoms with van der Waals surface area (Å²) in [6, 6.07) is 0. The van der Waals surface area contributed by atoms with Crippen LogP contribution in [-0.2, 0) is 28.5 Å². The van der Waals surface area contributed by atoms with Crippen molar-refractivity contribution in [1.29, 1.82) is 0 Å². The van der Waals surface area contributed by atoms with Gasteiger partial charge >= 0.3 is 11.9 Å². The van der Waals surface area contributed by atoms with Crippen LogP contribution in [0.5, 0.6) is 0 Å². The molecule has 1 aliphatic heterocycles. The van der Waals surface area contributed by atoms with Crippen molar-refractivity contribution >= 4 is 20.0 Å². The van der Waals surface area contributed by atoms with E-state index in [9.17, 15) is 9.59 Å². The summed E-state index contributed by atoms with van der Waals surface area (Å²) in [7, 11) is -0.611. The molecule has 246 valence electrons. The standard InChI is InChI=1S/C7H14O2.C6H12O2.C6H12O.C5H12O.C5H12.C4H12Si/c1-5-6(8)9-7(2,3)4;1-5(7)8-6(2,3)4;1-6-4-2-3-5-7-6;1-4-6-5(2)3;2*1-5(2,3)4/h5H2,1-4H3;1-4H3;6H,2-5H2,1H3;5H,4H2,1-3H3;2*1-4H3. The van der Waals surface area contributed by atoms with Gasteiger partial charge in [0.2, 0.25) is 0 Å². The summed E-state index contributed by atoms with van der Waals surface area (Å²) in [5, 5.41) is 0. The van der Waals surface area contributed by atoms with Crippen LogP contribution >= 0.6 is 0 Å². The second-order valence-corrected chi connectivity index (χ2v) is 21.3. The Hall–Kier alpha value is -0.923. The summed E-state index contributed by atoms with van der Waals surface area (Å²) < 4.78 is 20.1. The number of esters is 2. The van der Waals surface area contributed by atoms with Crippen LogP contribution < -0.4 is 0 Å². The Kier molecular flexibility index (Phi) is 31.4. The minimum atomic E-state index is -0.611. The van der Waals surface area contributed by atoms with Crippen LogP contribution in [0, 0.1) is 5.41 Å². The molecule has 0 spiro atoms. The molecule has 1 saturated heterocycles. The van der Waals surface area contributed by atoms with Crippen molar-refractivity contribution in [3.05, 3.63) is 0 Å². The molecule has 0 N–H and O–H groups in total. The maximum Gasteiger partial charge on any atom is 0.306 e. The predicted molar refractivity (Wildman–Crippen MR) is 178 cm³/mol. The fourth-order valence-corrected chi connectivity index (χ4v) is 2.08. The molecule has 0 aliphatic carbocycles. The third-order valence-corrected chi connectivity index (χ3v) is 3.07. The number of ether oxygens (including phenoxy) is 4. The van der Waals surface area contributed by atoms with Gasteiger partial charge in [0.1, 0.15) is 11.2 Å². The topological polar surface area (TPSA) is 71.1 Å². The van der Waals surface area contributed by atoms with E-state index in [0.717, 1.165) is 13.2 Å². The predicted octanol–water partition coefficient (Wildman–Crippen LogP) is 10.1. The summed E-state index contributed by atoms with van der Waals surface area (Å²) in [5.74, 6) is -0.361. The van der Waals surface area contributed by atoms with Crippen LogP contribution in [0.4, 0.5) is 0 Å². The van der Waals surface area contributed by atoms with E-state index in [4.69, 9.17) is 18.9 Å². The zero-order valence-electron chi connectivity index (χ0n) is 30.8. The van der Waals surface area contributed by atoms with Gasteiger partial charge in [-0.05, 0) is 93.9 Å². The second kappa shape index (κ2) is 25.8. The fourth-order valence-electron chi connectivity index (χ4n) is 2.08. The van der Waals surface area contributed by atoms with Gasteiger partial charge in [0.15, 0.2) is 0 Å². The van der Waals surface area contributed by atoms with Crippen molar-refractivity contribution in [3.63, 3.8) is 0 Å². The molecule has 1 rings (SSSR count). The first kappa shape index (κ1) is 48.8. The average molecular weight is 595 g/mol. The van der Waals surface area contributed by atoms with Crippen molar-refractivity contribution in [2.75, 3.05) is 13.2 Å². The van der Waals surface area contributed by atoms with Crippen molar-refractivity contribution in [3.8, 4) is 0 Å². The molecule has 0 saturated carbocycles. The highest BCUT2D eigenvalue weighted by Gasteiger charge is 2.14. The quantitative estimate of drug-likeness (QED) is 0.239. The molecule has 0 radical (unpaired) electrons. The minimum Gasteiger partial charge on any atom is -0.460 e. The Morgan fingerprint density at radius 2 is 1.20 bits per heavy atom. The molecule has 0 amide bonds. The van der Waals surface area contributed by atoms with E-state index >= 15 is 0 Å². The zero-order valence-corrected chi connectivity index (χ0v) is 31.8. The SMILES string of the molecule is CC(=O)OC(C)(C)C.CC(C)(C)C.CC1CCCCO1.CCC(=O)OC(C)(C)C.CCOC(C)C.C[Si](C)(C)C. The van der Waals surface area contributed by atoms with Gasteiger partial charge in [0.05, 0.1) is 12.2 Å². The van der Waals surface area contributed by atoms with Crippen molar-refractivity contribution in [2.24, 2.45) is 5.41 Å². The first-order valence-corrected chi connectivity index (χ1v) is 19.2.